The van der Waals surface area contributed by atoms with Crippen LogP contribution < -0.4 is 0 Å². The van der Waals surface area contributed by atoms with Crippen molar-refractivity contribution in [3.05, 3.63) is 0 Å². The summed E-state index contributed by atoms with van der Waals surface area (Å²) in [4.78, 5) is 0. The summed E-state index contributed by atoms with van der Waals surface area (Å²) in [6.07, 6.45) is 4.93. The zero-order valence-electron chi connectivity index (χ0n) is 8.44. The normalized spacial score (nSPS) is 18.8. The summed E-state index contributed by atoms with van der Waals surface area (Å²) in [5, 5.41) is 9.82. The number of hydrogen-bond acceptors (Lipinski definition) is 1. The van der Waals surface area contributed by atoms with Gasteiger partial charge in [0, 0.05) is 0 Å². The van der Waals surface area contributed by atoms with Crippen LogP contribution in [0.4, 0.5) is 0 Å². The number of alkyl halides is 1. The monoisotopic (exact) mass is 192 g/mol. The summed E-state index contributed by atoms with van der Waals surface area (Å²) in [6, 6.07) is 0. The highest BCUT2D eigenvalue weighted by molar-refractivity contribution is 6.21. The highest BCUT2D eigenvalue weighted by Gasteiger charge is 2.28. The lowest BCUT2D eigenvalue weighted by Gasteiger charge is -2.28. The minimum atomic E-state index is -0.673. The van der Waals surface area contributed by atoms with E-state index in [-0.39, 0.29) is 5.38 Å². The first-order valence-electron chi connectivity index (χ1n) is 4.91. The zero-order chi connectivity index (χ0) is 9.61. The lowest BCUT2D eigenvalue weighted by Crippen LogP contribution is -2.35. The average Bonchev–Trinajstić information content (AvgIpc) is 2.01. The van der Waals surface area contributed by atoms with Crippen molar-refractivity contribution in [2.75, 3.05) is 0 Å². The molecule has 0 aromatic heterocycles. The molecule has 0 saturated heterocycles. The number of aliphatic hydroxyl groups is 1. The van der Waals surface area contributed by atoms with E-state index in [0.717, 1.165) is 32.1 Å². The zero-order valence-corrected chi connectivity index (χ0v) is 9.19. The summed E-state index contributed by atoms with van der Waals surface area (Å²) in [7, 11) is 0. The molecule has 12 heavy (non-hydrogen) atoms. The van der Waals surface area contributed by atoms with Gasteiger partial charge in [0.2, 0.25) is 0 Å². The minimum absolute atomic E-state index is 0.0888. The van der Waals surface area contributed by atoms with Gasteiger partial charge in [0.25, 0.3) is 0 Å². The summed E-state index contributed by atoms with van der Waals surface area (Å²) in [6.45, 7) is 6.06. The van der Waals surface area contributed by atoms with Gasteiger partial charge in [-0.2, -0.15) is 0 Å². The number of hydrogen-bond donors (Lipinski definition) is 1. The van der Waals surface area contributed by atoms with E-state index in [1.807, 2.05) is 6.92 Å². The van der Waals surface area contributed by atoms with Crippen molar-refractivity contribution >= 4 is 11.6 Å². The maximum Gasteiger partial charge on any atom is 0.0782 e. The van der Waals surface area contributed by atoms with Gasteiger partial charge in [-0.25, -0.2) is 0 Å². The predicted molar refractivity (Wildman–Crippen MR) is 54.7 cm³/mol. The van der Waals surface area contributed by atoms with E-state index in [1.54, 1.807) is 0 Å². The molecule has 0 bridgehead atoms. The van der Waals surface area contributed by atoms with E-state index in [0.29, 0.717) is 0 Å². The molecule has 2 unspecified atom stereocenters. The van der Waals surface area contributed by atoms with Crippen LogP contribution in [0.5, 0.6) is 0 Å². The standard InChI is InChI=1S/C10H21ClO/c1-4-6-8-10(3,12)9(11)7-5-2/h9,12H,4-8H2,1-3H3. The third-order valence-electron chi connectivity index (χ3n) is 2.25. The smallest absolute Gasteiger partial charge is 0.0782 e. The lowest BCUT2D eigenvalue weighted by molar-refractivity contribution is 0.0416. The van der Waals surface area contributed by atoms with E-state index in [2.05, 4.69) is 13.8 Å². The van der Waals surface area contributed by atoms with Gasteiger partial charge in [-0.15, -0.1) is 11.6 Å². The number of unbranched alkanes of at least 4 members (excludes halogenated alkanes) is 1. The molecule has 1 nitrogen and oxygen atoms in total. The van der Waals surface area contributed by atoms with Crippen molar-refractivity contribution in [1.82, 2.24) is 0 Å². The van der Waals surface area contributed by atoms with Crippen molar-refractivity contribution in [3.8, 4) is 0 Å². The van der Waals surface area contributed by atoms with E-state index < -0.39 is 5.60 Å². The Morgan fingerprint density at radius 2 is 1.92 bits per heavy atom. The van der Waals surface area contributed by atoms with Gasteiger partial charge in [0.15, 0.2) is 0 Å². The van der Waals surface area contributed by atoms with Gasteiger partial charge in [0.1, 0.15) is 0 Å². The Hall–Kier alpha value is 0.250. The van der Waals surface area contributed by atoms with Crippen LogP contribution in [0, 0.1) is 0 Å². The largest absolute Gasteiger partial charge is 0.389 e. The maximum atomic E-state index is 9.91. The number of rotatable bonds is 6. The second-order valence-corrected chi connectivity index (χ2v) is 4.24. The fourth-order valence-electron chi connectivity index (χ4n) is 1.26. The van der Waals surface area contributed by atoms with Crippen LogP contribution >= 0.6 is 11.6 Å². The molecule has 2 heteroatoms. The minimum Gasteiger partial charge on any atom is -0.389 e. The van der Waals surface area contributed by atoms with E-state index in [1.165, 1.54) is 0 Å². The first-order valence-corrected chi connectivity index (χ1v) is 5.34. The van der Waals surface area contributed by atoms with Gasteiger partial charge < -0.3 is 5.11 Å². The van der Waals surface area contributed by atoms with Crippen LogP contribution in [0.15, 0.2) is 0 Å². The van der Waals surface area contributed by atoms with Crippen LogP contribution in [0.25, 0.3) is 0 Å². The molecule has 2 atom stereocenters. The van der Waals surface area contributed by atoms with Crippen LogP contribution in [-0.4, -0.2) is 16.1 Å². The lowest BCUT2D eigenvalue weighted by atomic mass is 9.92. The Morgan fingerprint density at radius 3 is 2.33 bits per heavy atom. The molecule has 74 valence electrons. The Kier molecular flexibility index (Phi) is 5.94. The fourth-order valence-corrected chi connectivity index (χ4v) is 1.58. The molecule has 0 amide bonds. The van der Waals surface area contributed by atoms with Crippen LogP contribution in [0.2, 0.25) is 0 Å². The van der Waals surface area contributed by atoms with Crippen molar-refractivity contribution in [1.29, 1.82) is 0 Å². The molecule has 0 heterocycles. The molecular formula is C10H21ClO. The molecule has 0 fully saturated rings. The SMILES string of the molecule is CCCCC(C)(O)C(Cl)CCC. The van der Waals surface area contributed by atoms with Crippen LogP contribution in [0.1, 0.15) is 52.9 Å². The highest BCUT2D eigenvalue weighted by atomic mass is 35.5. The fraction of sp³-hybridized carbons (Fsp3) is 1.00. The van der Waals surface area contributed by atoms with Crippen LogP contribution in [0.3, 0.4) is 0 Å². The summed E-state index contributed by atoms with van der Waals surface area (Å²) >= 11 is 6.06. The van der Waals surface area contributed by atoms with Gasteiger partial charge in [-0.3, -0.25) is 0 Å². The molecule has 1 N–H and O–H groups in total. The first kappa shape index (κ1) is 12.2. The van der Waals surface area contributed by atoms with Gasteiger partial charge in [0.05, 0.1) is 11.0 Å². The third-order valence-corrected chi connectivity index (χ3v) is 2.94. The second kappa shape index (κ2) is 5.82. The average molecular weight is 193 g/mol. The summed E-state index contributed by atoms with van der Waals surface area (Å²) in [5.74, 6) is 0. The van der Waals surface area contributed by atoms with E-state index in [9.17, 15) is 5.11 Å². The first-order chi connectivity index (χ1) is 5.54. The molecule has 0 aliphatic heterocycles. The Labute approximate surface area is 81.1 Å². The van der Waals surface area contributed by atoms with Crippen molar-refractivity contribution < 1.29 is 5.11 Å². The molecule has 0 aromatic rings. The highest BCUT2D eigenvalue weighted by Crippen LogP contribution is 2.25. The predicted octanol–water partition coefficient (Wildman–Crippen LogP) is 3.34. The quantitative estimate of drug-likeness (QED) is 0.641. The Balaban J connectivity index is 3.81. The molecule has 0 aliphatic carbocycles. The molecule has 0 saturated carbocycles. The molecule has 0 rings (SSSR count). The third kappa shape index (κ3) is 4.32. The summed E-state index contributed by atoms with van der Waals surface area (Å²) < 4.78 is 0. The molecule has 0 aromatic carbocycles. The number of halogens is 1. The van der Waals surface area contributed by atoms with E-state index in [4.69, 9.17) is 11.6 Å². The Morgan fingerprint density at radius 1 is 1.33 bits per heavy atom. The molecular weight excluding hydrogens is 172 g/mol. The molecule has 0 radical (unpaired) electrons. The van der Waals surface area contributed by atoms with E-state index >= 15 is 0 Å². The Bertz CT molecular complexity index is 112. The van der Waals surface area contributed by atoms with Gasteiger partial charge in [-0.05, 0) is 19.8 Å². The topological polar surface area (TPSA) is 20.2 Å². The van der Waals surface area contributed by atoms with Crippen LogP contribution in [-0.2, 0) is 0 Å². The van der Waals surface area contributed by atoms with Gasteiger partial charge in [-0.1, -0.05) is 33.1 Å². The van der Waals surface area contributed by atoms with Gasteiger partial charge >= 0.3 is 0 Å². The maximum absolute atomic E-state index is 9.91. The van der Waals surface area contributed by atoms with Crippen molar-refractivity contribution in [2.24, 2.45) is 0 Å². The molecule has 0 spiro atoms. The molecule has 0 aliphatic rings. The van der Waals surface area contributed by atoms with Crippen molar-refractivity contribution in [3.63, 3.8) is 0 Å². The van der Waals surface area contributed by atoms with Crippen molar-refractivity contribution in [2.45, 2.75) is 63.9 Å². The summed E-state index contributed by atoms with van der Waals surface area (Å²) in [5.41, 5.74) is -0.673. The second-order valence-electron chi connectivity index (χ2n) is 3.72.